The van der Waals surface area contributed by atoms with Crippen molar-refractivity contribution in [2.45, 2.75) is 26.4 Å². The number of esters is 3. The number of carboxylic acid groups (broad SMARTS) is 1. The van der Waals surface area contributed by atoms with Crippen LogP contribution < -0.4 is 11.1 Å². The Balaban J connectivity index is 0.000000180. The van der Waals surface area contributed by atoms with E-state index in [-0.39, 0.29) is 72.5 Å². The number of anilines is 2. The summed E-state index contributed by atoms with van der Waals surface area (Å²) in [5.41, 5.74) is 4.85. The van der Waals surface area contributed by atoms with Crippen LogP contribution in [0.1, 0.15) is 62.2 Å². The van der Waals surface area contributed by atoms with Crippen molar-refractivity contribution in [1.82, 2.24) is 78.8 Å². The SMILES string of the molecule is CC(C)(C)OC(=O)Nc1cnc(-n2cccn2)c(F)c1.COC(=O)c1cc(F)c(-n2cccn2)nc1Cl.COC(=O)c1cc(F)c(Cl)nc1Cl.COC(=O)c1cnc(-n2cccn2)c(F)c1.Nc1cnc(-n2cccn2)c(F)c1.O=C(O)c1cnc(-n2cccn2)c(F)c1. The van der Waals surface area contributed by atoms with E-state index >= 15 is 0 Å². The molecule has 0 unspecified atom stereocenters. The average molecular weight is 1360 g/mol. The molecule has 488 valence electrons. The van der Waals surface area contributed by atoms with Gasteiger partial charge in [-0.15, -0.1) is 0 Å². The van der Waals surface area contributed by atoms with Crippen LogP contribution in [0, 0.1) is 34.9 Å². The normalized spacial score (nSPS) is 10.4. The van der Waals surface area contributed by atoms with Crippen molar-refractivity contribution >= 4 is 76.1 Å². The first kappa shape index (κ1) is 71.4. The second-order valence-electron chi connectivity index (χ2n) is 18.6. The van der Waals surface area contributed by atoms with Crippen LogP contribution in [0.2, 0.25) is 15.5 Å². The number of carbonyl (C=O) groups excluding carboxylic acids is 4. The number of methoxy groups -OCH3 is 3. The summed E-state index contributed by atoms with van der Waals surface area (Å²) in [4.78, 5) is 77.8. The molecule has 11 rings (SSSR count). The molecule has 11 aromatic heterocycles. The number of halogens is 9. The minimum Gasteiger partial charge on any atom is -0.478 e. The lowest BCUT2D eigenvalue weighted by molar-refractivity contribution is 0.0591. The fourth-order valence-corrected chi connectivity index (χ4v) is 7.40. The summed E-state index contributed by atoms with van der Waals surface area (Å²) < 4.78 is 105. The molecule has 0 aliphatic heterocycles. The topological polar surface area (TPSA) is 347 Å². The molecule has 11 aromatic rings. The zero-order chi connectivity index (χ0) is 68.8. The van der Waals surface area contributed by atoms with Gasteiger partial charge in [0.1, 0.15) is 21.5 Å². The highest BCUT2D eigenvalue weighted by atomic mass is 35.5. The summed E-state index contributed by atoms with van der Waals surface area (Å²) in [7, 11) is 3.56. The van der Waals surface area contributed by atoms with E-state index in [0.717, 1.165) is 43.6 Å². The van der Waals surface area contributed by atoms with Crippen LogP contribution in [0.3, 0.4) is 0 Å². The van der Waals surface area contributed by atoms with Crippen molar-refractivity contribution < 1.29 is 74.4 Å². The van der Waals surface area contributed by atoms with Gasteiger partial charge in [0.05, 0.1) is 61.8 Å². The van der Waals surface area contributed by atoms with Gasteiger partial charge < -0.3 is 29.8 Å². The third-order valence-electron chi connectivity index (χ3n) is 10.8. The van der Waals surface area contributed by atoms with E-state index in [1.165, 1.54) is 99.5 Å². The molecule has 0 bridgehead atoms. The number of hydrogen-bond donors (Lipinski definition) is 3. The molecule has 37 heteroatoms. The molecular weight excluding hydrogens is 1320 g/mol. The molecule has 0 atom stereocenters. The summed E-state index contributed by atoms with van der Waals surface area (Å²) >= 11 is 16.6. The average Bonchev–Trinajstić information content (AvgIpc) is 1.36. The van der Waals surface area contributed by atoms with Crippen molar-refractivity contribution in [3.63, 3.8) is 0 Å². The number of nitrogens with two attached hydrogens (primary N) is 1. The van der Waals surface area contributed by atoms with Gasteiger partial charge in [-0.3, -0.25) is 5.32 Å². The molecule has 11 heterocycles. The van der Waals surface area contributed by atoms with E-state index in [1.54, 1.807) is 75.9 Å². The predicted octanol–water partition coefficient (Wildman–Crippen LogP) is 10.2. The lowest BCUT2D eigenvalue weighted by atomic mass is 10.2. The largest absolute Gasteiger partial charge is 0.478 e. The summed E-state index contributed by atoms with van der Waals surface area (Å²) in [6.45, 7) is 5.23. The zero-order valence-corrected chi connectivity index (χ0v) is 51.5. The molecule has 0 aromatic carbocycles. The Morgan fingerprint density at radius 3 is 1.21 bits per heavy atom. The van der Waals surface area contributed by atoms with Crippen LogP contribution in [0.5, 0.6) is 0 Å². The van der Waals surface area contributed by atoms with Crippen molar-refractivity contribution in [1.29, 1.82) is 0 Å². The molecule has 0 aliphatic carbocycles. The Morgan fingerprint density at radius 1 is 0.468 bits per heavy atom. The molecule has 0 radical (unpaired) electrons. The van der Waals surface area contributed by atoms with E-state index in [1.807, 2.05) is 0 Å². The zero-order valence-electron chi connectivity index (χ0n) is 49.2. The van der Waals surface area contributed by atoms with Gasteiger partial charge in [-0.05, 0) is 75.4 Å². The van der Waals surface area contributed by atoms with Gasteiger partial charge in [0.15, 0.2) is 69.1 Å². The maximum atomic E-state index is 13.9. The van der Waals surface area contributed by atoms with Crippen molar-refractivity contribution in [3.8, 4) is 29.1 Å². The van der Waals surface area contributed by atoms with Gasteiger partial charge in [0, 0.05) is 86.5 Å². The Kier molecular flexibility index (Phi) is 25.4. The van der Waals surface area contributed by atoms with Gasteiger partial charge >= 0.3 is 30.0 Å². The number of pyridine rings is 6. The maximum absolute atomic E-state index is 13.9. The van der Waals surface area contributed by atoms with Gasteiger partial charge in [-0.2, -0.15) is 25.5 Å². The van der Waals surface area contributed by atoms with Crippen molar-refractivity contribution in [3.05, 3.63) is 226 Å². The van der Waals surface area contributed by atoms with Crippen LogP contribution in [-0.4, -0.2) is 141 Å². The molecule has 0 aliphatic rings. The monoisotopic (exact) mass is 1360 g/mol. The minimum atomic E-state index is -1.21. The van der Waals surface area contributed by atoms with Gasteiger partial charge in [-0.25, -0.2) is 104 Å². The van der Waals surface area contributed by atoms with Gasteiger partial charge in [-0.1, -0.05) is 34.8 Å². The first-order chi connectivity index (χ1) is 44.7. The molecule has 0 saturated heterocycles. The highest BCUT2D eigenvalue weighted by Gasteiger charge is 2.21. The first-order valence-corrected chi connectivity index (χ1v) is 27.1. The van der Waals surface area contributed by atoms with Crippen molar-refractivity contribution in [2.75, 3.05) is 32.4 Å². The Labute approximate surface area is 541 Å². The number of carbonyl (C=O) groups is 5. The van der Waals surface area contributed by atoms with E-state index in [2.05, 4.69) is 74.9 Å². The molecule has 4 N–H and O–H groups in total. The molecule has 94 heavy (non-hydrogen) atoms. The van der Waals surface area contributed by atoms with Gasteiger partial charge in [0.25, 0.3) is 0 Å². The Morgan fingerprint density at radius 2 is 0.830 bits per heavy atom. The number of aromatic carboxylic acids is 1. The third kappa shape index (κ3) is 20.2. The molecule has 0 fully saturated rings. The summed E-state index contributed by atoms with van der Waals surface area (Å²) in [5.74, 6) is -7.14. The quantitative estimate of drug-likeness (QED) is 0.0496. The molecule has 0 saturated carbocycles. The molecule has 0 spiro atoms. The second-order valence-corrected chi connectivity index (χ2v) is 19.6. The van der Waals surface area contributed by atoms with Crippen LogP contribution in [-0.2, 0) is 18.9 Å². The smallest absolute Gasteiger partial charge is 0.412 e. The fourth-order valence-electron chi connectivity index (χ4n) is 6.79. The van der Waals surface area contributed by atoms with Crippen LogP contribution in [0.4, 0.5) is 42.5 Å². The van der Waals surface area contributed by atoms with E-state index in [9.17, 15) is 50.3 Å². The van der Waals surface area contributed by atoms with Crippen LogP contribution in [0.15, 0.2) is 153 Å². The fraction of sp³-hybridized carbons (Fsp3) is 0.123. The van der Waals surface area contributed by atoms with Gasteiger partial charge in [0.2, 0.25) is 0 Å². The number of amides is 1. The van der Waals surface area contributed by atoms with Crippen LogP contribution >= 0.6 is 34.8 Å². The third-order valence-corrected chi connectivity index (χ3v) is 11.7. The lowest BCUT2D eigenvalue weighted by Crippen LogP contribution is -2.27. The standard InChI is InChI=1S/C13H15FN4O2.C10H7ClFN3O2.C10H8FN3O2.C9H6FN3O2.C8H7FN4.C7H4Cl2FNO2/c1-13(2,3)20-12(19)17-9-7-10(14)11(15-8-9)18-6-4-5-16-18;1-17-10(16)6-5-7(12)9(14-8(6)11)15-4-2-3-13-15;1-16-10(15)7-5-8(11)9(12-6-7)14-4-2-3-13-14;10-7-4-6(9(14)15)5-11-8(7)13-3-1-2-12-13;9-7-4-6(10)5-11-8(7)13-3-1-2-12-13;1-13-7(12)3-2-4(10)6(9)11-5(3)8/h4-8H,1-3H3,(H,17,19);2-5H,1H3;2-6H,1H3;1-5H,(H,14,15);1-5H,10H2;2H,1H3. The number of rotatable bonds is 10. The number of nitrogen functional groups attached to an aromatic ring is 1. The minimum absolute atomic E-state index is 0.0231. The van der Waals surface area contributed by atoms with E-state index in [0.29, 0.717) is 5.69 Å². The van der Waals surface area contributed by atoms with Crippen molar-refractivity contribution in [2.24, 2.45) is 0 Å². The van der Waals surface area contributed by atoms with E-state index < -0.39 is 70.5 Å². The van der Waals surface area contributed by atoms with Crippen LogP contribution in [0.25, 0.3) is 29.1 Å². The molecule has 1 amide bonds. The first-order valence-electron chi connectivity index (χ1n) is 26.0. The summed E-state index contributed by atoms with van der Waals surface area (Å²) in [6.07, 6.45) is 19.7. The number of carboxylic acids is 1. The second kappa shape index (κ2) is 33.4. The number of nitrogens with one attached hydrogen (secondary N) is 1. The van der Waals surface area contributed by atoms with E-state index in [4.69, 9.17) is 50.4 Å². The number of hydrogen-bond acceptors (Lipinski definition) is 21. The highest BCUT2D eigenvalue weighted by Crippen LogP contribution is 2.23. The number of nitrogens with zero attached hydrogens (tertiary/aromatic N) is 16. The highest BCUT2D eigenvalue weighted by molar-refractivity contribution is 6.34. The Hall–Kier alpha value is -11.7. The number of aromatic nitrogens is 16. The Bertz CT molecular complexity index is 4360. The number of ether oxygens (including phenoxy) is 4. The lowest BCUT2D eigenvalue weighted by Gasteiger charge is -2.19. The predicted molar refractivity (Wildman–Crippen MR) is 321 cm³/mol. The molecule has 28 nitrogen and oxygen atoms in total. The summed E-state index contributed by atoms with van der Waals surface area (Å²) in [6, 6.07) is 14.4. The summed E-state index contributed by atoms with van der Waals surface area (Å²) in [5, 5.41) is 29.5. The molecular formula is C57H47Cl3F6N18O10. The maximum Gasteiger partial charge on any atom is 0.412 e.